The molecule has 3 nitrogen and oxygen atoms in total. The number of rotatable bonds is 6. The van der Waals surface area contributed by atoms with E-state index in [1.807, 2.05) is 24.3 Å². The Balaban J connectivity index is 1.42. The standard InChI is InChI=1S/C18H15F3N2OS2/c19-18(20,21)13-7-5-12(6-8-13)9-10-22-16(24)11-25-17-23-14-3-1-2-4-15(14)26-17/h1-8H,9-11H2,(H,22,24). The molecule has 1 amide bonds. The molecule has 0 bridgehead atoms. The predicted octanol–water partition coefficient (Wildman–Crippen LogP) is 4.77. The van der Waals surface area contributed by atoms with E-state index in [0.717, 1.165) is 32.3 Å². The number of thiazole rings is 1. The number of alkyl halides is 3. The highest BCUT2D eigenvalue weighted by atomic mass is 32.2. The smallest absolute Gasteiger partial charge is 0.355 e. The molecule has 0 aliphatic rings. The van der Waals surface area contributed by atoms with Crippen molar-refractivity contribution in [1.29, 1.82) is 0 Å². The van der Waals surface area contributed by atoms with Gasteiger partial charge in [-0.1, -0.05) is 36.0 Å². The lowest BCUT2D eigenvalue weighted by atomic mass is 10.1. The molecule has 1 heterocycles. The number of para-hydroxylation sites is 1. The van der Waals surface area contributed by atoms with Gasteiger partial charge in [0.15, 0.2) is 4.34 Å². The fourth-order valence-corrected chi connectivity index (χ4v) is 4.20. The third-order valence-electron chi connectivity index (χ3n) is 3.62. The first-order valence-corrected chi connectivity index (χ1v) is 9.63. The molecule has 0 aliphatic heterocycles. The number of benzene rings is 2. The van der Waals surface area contributed by atoms with Crippen LogP contribution in [-0.2, 0) is 17.4 Å². The zero-order valence-electron chi connectivity index (χ0n) is 13.5. The monoisotopic (exact) mass is 396 g/mol. The maximum Gasteiger partial charge on any atom is 0.416 e. The molecule has 0 saturated heterocycles. The Hall–Kier alpha value is -2.06. The van der Waals surface area contributed by atoms with Gasteiger partial charge in [0.1, 0.15) is 0 Å². The van der Waals surface area contributed by atoms with Crippen LogP contribution in [0.4, 0.5) is 13.2 Å². The number of aromatic nitrogens is 1. The first kappa shape index (κ1) is 18.7. The van der Waals surface area contributed by atoms with Crippen LogP contribution in [0.1, 0.15) is 11.1 Å². The summed E-state index contributed by atoms with van der Waals surface area (Å²) in [5.74, 6) is 0.133. The van der Waals surface area contributed by atoms with Crippen LogP contribution in [0.15, 0.2) is 52.9 Å². The van der Waals surface area contributed by atoms with Crippen molar-refractivity contribution < 1.29 is 18.0 Å². The Morgan fingerprint density at radius 3 is 2.54 bits per heavy atom. The van der Waals surface area contributed by atoms with Gasteiger partial charge in [-0.15, -0.1) is 11.3 Å². The lowest BCUT2D eigenvalue weighted by Gasteiger charge is -2.08. The van der Waals surface area contributed by atoms with Gasteiger partial charge in [0.05, 0.1) is 21.5 Å². The molecule has 1 N–H and O–H groups in total. The second-order valence-corrected chi connectivity index (χ2v) is 7.78. The minimum atomic E-state index is -4.33. The molecule has 8 heteroatoms. The number of halogens is 3. The number of hydrogen-bond acceptors (Lipinski definition) is 4. The van der Waals surface area contributed by atoms with E-state index >= 15 is 0 Å². The van der Waals surface area contributed by atoms with Crippen molar-refractivity contribution in [3.8, 4) is 0 Å². The summed E-state index contributed by atoms with van der Waals surface area (Å²) in [5, 5.41) is 2.77. The zero-order chi connectivity index (χ0) is 18.6. The topological polar surface area (TPSA) is 42.0 Å². The van der Waals surface area contributed by atoms with Crippen LogP contribution in [-0.4, -0.2) is 23.2 Å². The highest BCUT2D eigenvalue weighted by Crippen LogP contribution is 2.30. The number of nitrogens with zero attached hydrogens (tertiary/aromatic N) is 1. The molecule has 0 unspecified atom stereocenters. The highest BCUT2D eigenvalue weighted by Gasteiger charge is 2.29. The van der Waals surface area contributed by atoms with E-state index in [0.29, 0.717) is 13.0 Å². The van der Waals surface area contributed by atoms with Crippen LogP contribution in [0.5, 0.6) is 0 Å². The lowest BCUT2D eigenvalue weighted by molar-refractivity contribution is -0.137. The van der Waals surface area contributed by atoms with Crippen LogP contribution < -0.4 is 5.32 Å². The van der Waals surface area contributed by atoms with Gasteiger partial charge < -0.3 is 5.32 Å². The first-order chi connectivity index (χ1) is 12.4. The summed E-state index contributed by atoms with van der Waals surface area (Å²) in [6, 6.07) is 12.8. The Morgan fingerprint density at radius 2 is 1.85 bits per heavy atom. The van der Waals surface area contributed by atoms with Crippen LogP contribution in [0, 0.1) is 0 Å². The number of hydrogen-bond donors (Lipinski definition) is 1. The van der Waals surface area contributed by atoms with Crippen LogP contribution in [0.2, 0.25) is 0 Å². The molecule has 0 saturated carbocycles. The third-order valence-corrected chi connectivity index (χ3v) is 5.80. The second kappa shape index (κ2) is 8.09. The molecular formula is C18H15F3N2OS2. The summed E-state index contributed by atoms with van der Waals surface area (Å²) in [6.45, 7) is 0.380. The predicted molar refractivity (Wildman–Crippen MR) is 98.5 cm³/mol. The van der Waals surface area contributed by atoms with E-state index in [4.69, 9.17) is 0 Å². The van der Waals surface area contributed by atoms with Crippen LogP contribution >= 0.6 is 23.1 Å². The number of carbonyl (C=O) groups excluding carboxylic acids is 1. The molecular weight excluding hydrogens is 381 g/mol. The van der Waals surface area contributed by atoms with Gasteiger partial charge >= 0.3 is 6.18 Å². The summed E-state index contributed by atoms with van der Waals surface area (Å²) in [7, 11) is 0. The van der Waals surface area contributed by atoms with E-state index in [1.165, 1.54) is 23.9 Å². The molecule has 26 heavy (non-hydrogen) atoms. The molecule has 3 rings (SSSR count). The normalized spacial score (nSPS) is 11.7. The van der Waals surface area contributed by atoms with Gasteiger partial charge in [-0.05, 0) is 36.2 Å². The molecule has 0 spiro atoms. The van der Waals surface area contributed by atoms with Crippen molar-refractivity contribution in [3.05, 3.63) is 59.7 Å². The number of carbonyl (C=O) groups is 1. The fraction of sp³-hybridized carbons (Fsp3) is 0.222. The van der Waals surface area contributed by atoms with E-state index in [2.05, 4.69) is 10.3 Å². The average molecular weight is 396 g/mol. The van der Waals surface area contributed by atoms with Crippen LogP contribution in [0.3, 0.4) is 0 Å². The van der Waals surface area contributed by atoms with Gasteiger partial charge in [0.25, 0.3) is 0 Å². The summed E-state index contributed by atoms with van der Waals surface area (Å²) in [4.78, 5) is 16.4. The summed E-state index contributed by atoms with van der Waals surface area (Å²) in [6.07, 6.45) is -3.85. The van der Waals surface area contributed by atoms with Gasteiger partial charge in [-0.25, -0.2) is 4.98 Å². The number of amides is 1. The molecule has 136 valence electrons. The SMILES string of the molecule is O=C(CSc1nc2ccccc2s1)NCCc1ccc(C(F)(F)F)cc1. The van der Waals surface area contributed by atoms with Gasteiger partial charge in [-0.3, -0.25) is 4.79 Å². The molecule has 0 atom stereocenters. The van der Waals surface area contributed by atoms with Gasteiger partial charge in [0, 0.05) is 6.54 Å². The third kappa shape index (κ3) is 4.98. The minimum Gasteiger partial charge on any atom is -0.355 e. The summed E-state index contributed by atoms with van der Waals surface area (Å²) in [5.41, 5.74) is 0.998. The first-order valence-electron chi connectivity index (χ1n) is 7.83. The van der Waals surface area contributed by atoms with E-state index in [9.17, 15) is 18.0 Å². The molecule has 2 aromatic carbocycles. The van der Waals surface area contributed by atoms with Crippen molar-refractivity contribution in [2.75, 3.05) is 12.3 Å². The average Bonchev–Trinajstić information content (AvgIpc) is 3.03. The second-order valence-electron chi connectivity index (χ2n) is 5.53. The van der Waals surface area contributed by atoms with Crippen molar-refractivity contribution in [2.24, 2.45) is 0 Å². The van der Waals surface area contributed by atoms with E-state index < -0.39 is 11.7 Å². The summed E-state index contributed by atoms with van der Waals surface area (Å²) >= 11 is 2.92. The number of fused-ring (bicyclic) bond motifs is 1. The molecule has 0 fully saturated rings. The largest absolute Gasteiger partial charge is 0.416 e. The Labute approximate surface area is 156 Å². The minimum absolute atomic E-state index is 0.124. The van der Waals surface area contributed by atoms with Gasteiger partial charge in [0.2, 0.25) is 5.91 Å². The van der Waals surface area contributed by atoms with Gasteiger partial charge in [-0.2, -0.15) is 13.2 Å². The summed E-state index contributed by atoms with van der Waals surface area (Å²) < 4.78 is 39.4. The maximum atomic E-state index is 12.5. The molecule has 1 aromatic heterocycles. The van der Waals surface area contributed by atoms with Crippen molar-refractivity contribution in [1.82, 2.24) is 10.3 Å². The quantitative estimate of drug-likeness (QED) is 0.611. The maximum absolute atomic E-state index is 12.5. The van der Waals surface area contributed by atoms with E-state index in [-0.39, 0.29) is 11.7 Å². The number of nitrogens with one attached hydrogen (secondary N) is 1. The van der Waals surface area contributed by atoms with Crippen molar-refractivity contribution in [2.45, 2.75) is 16.9 Å². The lowest BCUT2D eigenvalue weighted by Crippen LogP contribution is -2.27. The zero-order valence-corrected chi connectivity index (χ0v) is 15.2. The molecule has 0 aliphatic carbocycles. The van der Waals surface area contributed by atoms with Crippen molar-refractivity contribution in [3.63, 3.8) is 0 Å². The van der Waals surface area contributed by atoms with E-state index in [1.54, 1.807) is 11.3 Å². The Kier molecular flexibility index (Phi) is 5.83. The molecule has 3 aromatic rings. The van der Waals surface area contributed by atoms with Crippen LogP contribution in [0.25, 0.3) is 10.2 Å². The Bertz CT molecular complexity index is 858. The fourth-order valence-electron chi connectivity index (χ4n) is 2.30. The molecule has 0 radical (unpaired) electrons. The Morgan fingerprint density at radius 1 is 1.12 bits per heavy atom. The number of thioether (sulfide) groups is 1. The van der Waals surface area contributed by atoms with Crippen molar-refractivity contribution >= 4 is 39.2 Å². The highest BCUT2D eigenvalue weighted by molar-refractivity contribution is 8.01.